The second kappa shape index (κ2) is 9.77. The Morgan fingerprint density at radius 3 is 2.20 bits per heavy atom. The molecule has 0 radical (unpaired) electrons. The van der Waals surface area contributed by atoms with Crippen molar-refractivity contribution in [3.05, 3.63) is 88.9 Å². The zero-order valence-corrected chi connectivity index (χ0v) is 18.7. The smallest absolute Gasteiger partial charge is 0.245 e. The molecule has 0 fully saturated rings. The molecule has 6 nitrogen and oxygen atoms in total. The Balaban J connectivity index is 1.67. The van der Waals surface area contributed by atoms with Gasteiger partial charge in [-0.2, -0.15) is 0 Å². The molecule has 3 aromatic rings. The molecule has 3 aromatic carbocycles. The molecule has 0 aliphatic rings. The van der Waals surface area contributed by atoms with Crippen molar-refractivity contribution in [3.8, 4) is 5.75 Å². The summed E-state index contributed by atoms with van der Waals surface area (Å²) in [5, 5.41) is 2.70. The molecule has 0 heterocycles. The minimum Gasteiger partial charge on any atom is -0.489 e. The number of amides is 1. The van der Waals surface area contributed by atoms with Crippen molar-refractivity contribution >= 4 is 43.2 Å². The van der Waals surface area contributed by atoms with E-state index in [9.17, 15) is 13.2 Å². The zero-order valence-electron chi connectivity index (χ0n) is 16.3. The third-order valence-corrected chi connectivity index (χ3v) is 5.86. The Bertz CT molecular complexity index is 1090. The summed E-state index contributed by atoms with van der Waals surface area (Å²) in [4.78, 5) is 12.4. The van der Waals surface area contributed by atoms with E-state index in [1.807, 2.05) is 30.3 Å². The van der Waals surface area contributed by atoms with Gasteiger partial charge in [-0.1, -0.05) is 46.3 Å². The highest BCUT2D eigenvalue weighted by Crippen LogP contribution is 2.22. The largest absolute Gasteiger partial charge is 0.489 e. The Morgan fingerprint density at radius 2 is 1.60 bits per heavy atom. The molecule has 0 aromatic heterocycles. The van der Waals surface area contributed by atoms with Gasteiger partial charge in [0.2, 0.25) is 15.9 Å². The average molecular weight is 489 g/mol. The van der Waals surface area contributed by atoms with E-state index in [4.69, 9.17) is 4.74 Å². The molecule has 1 amide bonds. The minimum atomic E-state index is -3.66. The lowest BCUT2D eigenvalue weighted by molar-refractivity contribution is -0.114. The maximum absolute atomic E-state index is 12.4. The lowest BCUT2D eigenvalue weighted by atomic mass is 10.2. The number of hydrogen-bond donors (Lipinski definition) is 1. The third-order valence-electron chi connectivity index (χ3n) is 4.19. The highest BCUT2D eigenvalue weighted by atomic mass is 79.9. The van der Waals surface area contributed by atoms with Crippen LogP contribution in [-0.4, -0.2) is 27.1 Å². The molecule has 156 valence electrons. The quantitative estimate of drug-likeness (QED) is 0.508. The van der Waals surface area contributed by atoms with E-state index < -0.39 is 15.9 Å². The zero-order chi connectivity index (χ0) is 21.6. The van der Waals surface area contributed by atoms with Gasteiger partial charge >= 0.3 is 0 Å². The molecule has 0 spiro atoms. The number of ether oxygens (including phenoxy) is 1. The van der Waals surface area contributed by atoms with E-state index in [1.165, 1.54) is 0 Å². The number of sulfonamides is 1. The van der Waals surface area contributed by atoms with Crippen molar-refractivity contribution in [2.24, 2.45) is 0 Å². The van der Waals surface area contributed by atoms with E-state index in [0.717, 1.165) is 20.6 Å². The van der Waals surface area contributed by atoms with Crippen molar-refractivity contribution in [1.29, 1.82) is 0 Å². The Hall–Kier alpha value is -2.84. The maximum atomic E-state index is 12.4. The van der Waals surface area contributed by atoms with Gasteiger partial charge in [0.05, 0.1) is 11.9 Å². The SMILES string of the molecule is CS(=O)(=O)N(CC(=O)Nc1ccc(Br)cc1)c1ccc(OCc2ccccc2)cc1. The van der Waals surface area contributed by atoms with Crippen LogP contribution in [0.25, 0.3) is 0 Å². The van der Waals surface area contributed by atoms with Crippen molar-refractivity contribution in [1.82, 2.24) is 0 Å². The van der Waals surface area contributed by atoms with Gasteiger partial charge in [-0.05, 0) is 54.1 Å². The van der Waals surface area contributed by atoms with Gasteiger partial charge in [0.15, 0.2) is 0 Å². The summed E-state index contributed by atoms with van der Waals surface area (Å²) in [5.41, 5.74) is 2.00. The standard InChI is InChI=1S/C22H21BrN2O4S/c1-30(27,28)25(15-22(26)24-19-9-7-18(23)8-10-19)20-11-13-21(14-12-20)29-16-17-5-3-2-4-6-17/h2-14H,15-16H2,1H3,(H,24,26). The molecular formula is C22H21BrN2O4S. The number of rotatable bonds is 8. The first-order valence-corrected chi connectivity index (χ1v) is 11.8. The monoisotopic (exact) mass is 488 g/mol. The molecule has 0 aliphatic carbocycles. The third kappa shape index (κ3) is 6.33. The van der Waals surface area contributed by atoms with Crippen LogP contribution in [0.1, 0.15) is 5.56 Å². The Labute approximate surface area is 184 Å². The molecule has 0 saturated carbocycles. The van der Waals surface area contributed by atoms with Crippen LogP contribution in [0.5, 0.6) is 5.75 Å². The van der Waals surface area contributed by atoms with Crippen molar-refractivity contribution in [2.75, 3.05) is 22.4 Å². The summed E-state index contributed by atoms with van der Waals surface area (Å²) < 4.78 is 32.2. The first-order chi connectivity index (χ1) is 14.3. The van der Waals surface area contributed by atoms with Gasteiger partial charge in [-0.3, -0.25) is 9.10 Å². The van der Waals surface area contributed by atoms with Crippen LogP contribution < -0.4 is 14.4 Å². The fourth-order valence-electron chi connectivity index (χ4n) is 2.71. The summed E-state index contributed by atoms with van der Waals surface area (Å²) in [6, 6.07) is 23.4. The van der Waals surface area contributed by atoms with E-state index in [2.05, 4.69) is 21.2 Å². The fourth-order valence-corrected chi connectivity index (χ4v) is 3.83. The molecule has 1 N–H and O–H groups in total. The molecule has 0 saturated heterocycles. The van der Waals surface area contributed by atoms with Gasteiger partial charge < -0.3 is 10.1 Å². The van der Waals surface area contributed by atoms with Crippen molar-refractivity contribution in [3.63, 3.8) is 0 Å². The van der Waals surface area contributed by atoms with Crippen LogP contribution in [0.2, 0.25) is 0 Å². The number of anilines is 2. The van der Waals surface area contributed by atoms with E-state index >= 15 is 0 Å². The highest BCUT2D eigenvalue weighted by Gasteiger charge is 2.21. The van der Waals surface area contributed by atoms with Crippen LogP contribution >= 0.6 is 15.9 Å². The van der Waals surface area contributed by atoms with Gasteiger partial charge in [-0.15, -0.1) is 0 Å². The summed E-state index contributed by atoms with van der Waals surface area (Å²) in [7, 11) is -3.66. The van der Waals surface area contributed by atoms with Crippen LogP contribution in [-0.2, 0) is 21.4 Å². The second-order valence-corrected chi connectivity index (χ2v) is 9.42. The van der Waals surface area contributed by atoms with Gasteiger partial charge in [-0.25, -0.2) is 8.42 Å². The normalized spacial score (nSPS) is 11.0. The summed E-state index contributed by atoms with van der Waals surface area (Å²) in [6.07, 6.45) is 1.07. The van der Waals surface area contributed by atoms with Gasteiger partial charge in [0.25, 0.3) is 0 Å². The predicted octanol–water partition coefficient (Wildman–Crippen LogP) is 4.43. The highest BCUT2D eigenvalue weighted by molar-refractivity contribution is 9.10. The minimum absolute atomic E-state index is 0.334. The topological polar surface area (TPSA) is 75.7 Å². The molecule has 30 heavy (non-hydrogen) atoms. The molecule has 8 heteroatoms. The first kappa shape index (κ1) is 21.9. The predicted molar refractivity (Wildman–Crippen MR) is 122 cm³/mol. The average Bonchev–Trinajstić information content (AvgIpc) is 2.73. The Morgan fingerprint density at radius 1 is 0.967 bits per heavy atom. The number of carbonyl (C=O) groups is 1. The van der Waals surface area contributed by atoms with Crippen LogP contribution in [0, 0.1) is 0 Å². The van der Waals surface area contributed by atoms with Crippen LogP contribution in [0.4, 0.5) is 11.4 Å². The lowest BCUT2D eigenvalue weighted by Crippen LogP contribution is -2.37. The van der Waals surface area contributed by atoms with Gasteiger partial charge in [0.1, 0.15) is 18.9 Å². The maximum Gasteiger partial charge on any atom is 0.245 e. The molecule has 0 unspecified atom stereocenters. The first-order valence-electron chi connectivity index (χ1n) is 9.11. The van der Waals surface area contributed by atoms with Crippen molar-refractivity contribution < 1.29 is 17.9 Å². The lowest BCUT2D eigenvalue weighted by Gasteiger charge is -2.22. The van der Waals surface area contributed by atoms with E-state index in [1.54, 1.807) is 48.5 Å². The number of nitrogens with one attached hydrogen (secondary N) is 1. The number of halogens is 1. The summed E-state index contributed by atoms with van der Waals surface area (Å²) in [6.45, 7) is 0.0741. The fraction of sp³-hybridized carbons (Fsp3) is 0.136. The summed E-state index contributed by atoms with van der Waals surface area (Å²) in [5.74, 6) is 0.169. The van der Waals surface area contributed by atoms with Crippen molar-refractivity contribution in [2.45, 2.75) is 6.61 Å². The number of carbonyl (C=O) groups excluding carboxylic acids is 1. The van der Waals surface area contributed by atoms with Crippen LogP contribution in [0.15, 0.2) is 83.3 Å². The molecule has 3 rings (SSSR count). The Kier molecular flexibility index (Phi) is 7.12. The molecule has 0 bridgehead atoms. The van der Waals surface area contributed by atoms with E-state index in [0.29, 0.717) is 23.7 Å². The van der Waals surface area contributed by atoms with Gasteiger partial charge in [0, 0.05) is 10.2 Å². The number of nitrogens with zero attached hydrogens (tertiary/aromatic N) is 1. The van der Waals surface area contributed by atoms with E-state index in [-0.39, 0.29) is 6.54 Å². The molecular weight excluding hydrogens is 468 g/mol. The second-order valence-electron chi connectivity index (χ2n) is 6.59. The van der Waals surface area contributed by atoms with Crippen LogP contribution in [0.3, 0.4) is 0 Å². The summed E-state index contributed by atoms with van der Waals surface area (Å²) >= 11 is 3.33. The number of benzene rings is 3. The number of hydrogen-bond acceptors (Lipinski definition) is 4. The molecule has 0 aliphatic heterocycles. The molecule has 0 atom stereocenters.